The Morgan fingerprint density at radius 1 is 1.07 bits per heavy atom. The molecule has 1 aliphatic rings. The number of hydrogen-bond acceptors (Lipinski definition) is 5. The van der Waals surface area contributed by atoms with Gasteiger partial charge in [0.15, 0.2) is 0 Å². The van der Waals surface area contributed by atoms with Crippen molar-refractivity contribution in [2.45, 2.75) is 13.5 Å². The van der Waals surface area contributed by atoms with Crippen molar-refractivity contribution < 1.29 is 19.1 Å². The van der Waals surface area contributed by atoms with Gasteiger partial charge in [0.2, 0.25) is 5.91 Å². The molecule has 1 fully saturated rings. The average molecular weight is 400 g/mol. The van der Waals surface area contributed by atoms with Crippen molar-refractivity contribution in [1.82, 2.24) is 9.47 Å². The fourth-order valence-corrected chi connectivity index (χ4v) is 2.97. The second-order valence-electron chi connectivity index (χ2n) is 6.58. The van der Waals surface area contributed by atoms with Gasteiger partial charge in [-0.25, -0.2) is 4.79 Å². The van der Waals surface area contributed by atoms with Gasteiger partial charge in [-0.3, -0.25) is 9.59 Å². The zero-order valence-corrected chi connectivity index (χ0v) is 16.4. The lowest BCUT2D eigenvalue weighted by Gasteiger charge is -2.27. The number of carbonyl (C=O) groups excluding carboxylic acids is 2. The molecule has 3 rings (SSSR count). The zero-order valence-electron chi connectivity index (χ0n) is 16.4. The number of hydrogen-bond donors (Lipinski definition) is 2. The van der Waals surface area contributed by atoms with Crippen molar-refractivity contribution >= 4 is 23.3 Å². The summed E-state index contributed by atoms with van der Waals surface area (Å²) in [6, 6.07) is 9.47. The average Bonchev–Trinajstić information content (AvgIpc) is 2.74. The first-order chi connectivity index (χ1) is 14.0. The predicted octanol–water partition coefficient (Wildman–Crippen LogP) is 1.67. The lowest BCUT2D eigenvalue weighted by Crippen LogP contribution is -2.43. The summed E-state index contributed by atoms with van der Waals surface area (Å²) >= 11 is 0. The third kappa shape index (κ3) is 5.14. The highest BCUT2D eigenvalue weighted by Gasteiger charge is 2.19. The Morgan fingerprint density at radius 3 is 2.41 bits per heavy atom. The SMILES string of the molecule is COc1ccc(NC(=O)Nc2ccc(C)n(CC(=O)N3CCOCC3)c2=O)cc1. The number of aromatic nitrogens is 1. The van der Waals surface area contributed by atoms with E-state index >= 15 is 0 Å². The van der Waals surface area contributed by atoms with E-state index in [1.165, 1.54) is 10.6 Å². The predicted molar refractivity (Wildman–Crippen MR) is 108 cm³/mol. The van der Waals surface area contributed by atoms with Crippen LogP contribution in [-0.2, 0) is 16.1 Å². The third-order valence-corrected chi connectivity index (χ3v) is 4.65. The van der Waals surface area contributed by atoms with Crippen LogP contribution in [0.1, 0.15) is 5.69 Å². The first kappa shape index (κ1) is 20.4. The molecule has 2 aromatic rings. The fourth-order valence-electron chi connectivity index (χ4n) is 2.97. The topological polar surface area (TPSA) is 102 Å². The summed E-state index contributed by atoms with van der Waals surface area (Å²) in [5.41, 5.74) is 0.851. The van der Waals surface area contributed by atoms with Crippen molar-refractivity contribution in [2.24, 2.45) is 0 Å². The minimum atomic E-state index is -0.554. The van der Waals surface area contributed by atoms with Gasteiger partial charge in [0.25, 0.3) is 5.56 Å². The number of carbonyl (C=O) groups is 2. The van der Waals surface area contributed by atoms with Crippen LogP contribution in [-0.4, -0.2) is 54.8 Å². The summed E-state index contributed by atoms with van der Waals surface area (Å²) in [4.78, 5) is 39.2. The normalized spacial score (nSPS) is 13.7. The Balaban J connectivity index is 1.69. The van der Waals surface area contributed by atoms with Crippen LogP contribution in [0.4, 0.5) is 16.2 Å². The van der Waals surface area contributed by atoms with Crippen LogP contribution in [0, 0.1) is 6.92 Å². The van der Waals surface area contributed by atoms with Gasteiger partial charge in [-0.05, 0) is 43.3 Å². The maximum atomic E-state index is 12.8. The van der Waals surface area contributed by atoms with E-state index in [0.29, 0.717) is 43.4 Å². The Hall–Kier alpha value is -3.33. The zero-order chi connectivity index (χ0) is 20.8. The van der Waals surface area contributed by atoms with E-state index in [9.17, 15) is 14.4 Å². The molecule has 29 heavy (non-hydrogen) atoms. The molecule has 1 saturated heterocycles. The van der Waals surface area contributed by atoms with Gasteiger partial charge in [0, 0.05) is 24.5 Å². The van der Waals surface area contributed by atoms with Gasteiger partial charge in [-0.15, -0.1) is 0 Å². The van der Waals surface area contributed by atoms with E-state index in [1.807, 2.05) is 0 Å². The van der Waals surface area contributed by atoms with E-state index in [0.717, 1.165) is 0 Å². The number of anilines is 2. The van der Waals surface area contributed by atoms with E-state index in [2.05, 4.69) is 10.6 Å². The number of amides is 3. The summed E-state index contributed by atoms with van der Waals surface area (Å²) in [6.07, 6.45) is 0. The van der Waals surface area contributed by atoms with Crippen molar-refractivity contribution in [1.29, 1.82) is 0 Å². The highest BCUT2D eigenvalue weighted by atomic mass is 16.5. The lowest BCUT2D eigenvalue weighted by atomic mass is 10.3. The molecular weight excluding hydrogens is 376 g/mol. The molecule has 1 aromatic carbocycles. The van der Waals surface area contributed by atoms with E-state index < -0.39 is 11.6 Å². The number of nitrogens with zero attached hydrogens (tertiary/aromatic N) is 2. The van der Waals surface area contributed by atoms with Gasteiger partial charge >= 0.3 is 6.03 Å². The number of pyridine rings is 1. The van der Waals surface area contributed by atoms with Crippen LogP contribution < -0.4 is 20.9 Å². The van der Waals surface area contributed by atoms with Crippen LogP contribution in [0.2, 0.25) is 0 Å². The smallest absolute Gasteiger partial charge is 0.323 e. The van der Waals surface area contributed by atoms with Crippen LogP contribution in [0.25, 0.3) is 0 Å². The molecule has 2 heterocycles. The highest BCUT2D eigenvalue weighted by Crippen LogP contribution is 2.15. The van der Waals surface area contributed by atoms with E-state index in [4.69, 9.17) is 9.47 Å². The molecule has 1 aromatic heterocycles. The Kier molecular flexibility index (Phi) is 6.50. The van der Waals surface area contributed by atoms with Crippen LogP contribution in [0.15, 0.2) is 41.2 Å². The van der Waals surface area contributed by atoms with Crippen LogP contribution in [0.3, 0.4) is 0 Å². The maximum Gasteiger partial charge on any atom is 0.323 e. The minimum absolute atomic E-state index is 0.0831. The molecular formula is C20H24N4O5. The largest absolute Gasteiger partial charge is 0.497 e. The van der Waals surface area contributed by atoms with Crippen molar-refractivity contribution in [3.8, 4) is 5.75 Å². The van der Waals surface area contributed by atoms with Gasteiger partial charge in [-0.2, -0.15) is 0 Å². The summed E-state index contributed by atoms with van der Waals surface area (Å²) in [5, 5.41) is 5.20. The lowest BCUT2D eigenvalue weighted by molar-refractivity contribution is -0.135. The molecule has 0 atom stereocenters. The molecule has 0 radical (unpaired) electrons. The van der Waals surface area contributed by atoms with Crippen molar-refractivity contribution in [3.63, 3.8) is 0 Å². The number of urea groups is 1. The number of benzene rings is 1. The number of morpholine rings is 1. The Bertz CT molecular complexity index is 933. The van der Waals surface area contributed by atoms with Gasteiger partial charge in [-0.1, -0.05) is 0 Å². The maximum absolute atomic E-state index is 12.8. The second-order valence-corrected chi connectivity index (χ2v) is 6.58. The third-order valence-electron chi connectivity index (χ3n) is 4.65. The van der Waals surface area contributed by atoms with Gasteiger partial charge in [0.1, 0.15) is 18.0 Å². The standard InChI is InChI=1S/C20H24N4O5/c1-14-3-8-17(22-20(27)21-15-4-6-16(28-2)7-5-15)19(26)24(14)13-18(25)23-9-11-29-12-10-23/h3-8H,9-13H2,1-2H3,(H2,21,22,27). The van der Waals surface area contributed by atoms with Gasteiger partial charge < -0.3 is 29.6 Å². The summed E-state index contributed by atoms with van der Waals surface area (Å²) in [6.45, 7) is 3.67. The molecule has 0 bridgehead atoms. The molecule has 0 spiro atoms. The summed E-state index contributed by atoms with van der Waals surface area (Å²) in [7, 11) is 1.56. The fraction of sp³-hybridized carbons (Fsp3) is 0.350. The molecule has 0 aliphatic carbocycles. The number of aryl methyl sites for hydroxylation is 1. The number of methoxy groups -OCH3 is 1. The summed E-state index contributed by atoms with van der Waals surface area (Å²) in [5.74, 6) is 0.514. The molecule has 9 nitrogen and oxygen atoms in total. The van der Waals surface area contributed by atoms with Gasteiger partial charge in [0.05, 0.1) is 20.3 Å². The van der Waals surface area contributed by atoms with Crippen LogP contribution in [0.5, 0.6) is 5.75 Å². The Morgan fingerprint density at radius 2 is 1.76 bits per heavy atom. The van der Waals surface area contributed by atoms with Crippen molar-refractivity contribution in [3.05, 3.63) is 52.4 Å². The molecule has 9 heteroatoms. The molecule has 154 valence electrons. The second kappa shape index (κ2) is 9.24. The molecule has 1 aliphatic heterocycles. The first-order valence-corrected chi connectivity index (χ1v) is 9.26. The van der Waals surface area contributed by atoms with E-state index in [-0.39, 0.29) is 18.1 Å². The Labute approximate surface area is 168 Å². The number of rotatable bonds is 5. The van der Waals surface area contributed by atoms with E-state index in [1.54, 1.807) is 49.3 Å². The number of ether oxygens (including phenoxy) is 2. The van der Waals surface area contributed by atoms with Crippen LogP contribution >= 0.6 is 0 Å². The highest BCUT2D eigenvalue weighted by molar-refractivity contribution is 5.99. The number of nitrogens with one attached hydrogen (secondary N) is 2. The quantitative estimate of drug-likeness (QED) is 0.795. The monoisotopic (exact) mass is 400 g/mol. The molecule has 2 N–H and O–H groups in total. The minimum Gasteiger partial charge on any atom is -0.497 e. The van der Waals surface area contributed by atoms with Crippen molar-refractivity contribution in [2.75, 3.05) is 44.0 Å². The molecule has 3 amide bonds. The summed E-state index contributed by atoms with van der Waals surface area (Å²) < 4.78 is 11.7. The molecule has 0 unspecified atom stereocenters. The first-order valence-electron chi connectivity index (χ1n) is 9.26. The molecule has 0 saturated carbocycles.